The molecule has 0 fully saturated rings. The fourth-order valence-electron chi connectivity index (χ4n) is 1.70. The lowest BCUT2D eigenvalue weighted by molar-refractivity contribution is 0.101. The molecule has 0 amide bonds. The average molecular weight is 302 g/mol. The Morgan fingerprint density at radius 2 is 2.21 bits per heavy atom. The Morgan fingerprint density at radius 1 is 1.47 bits per heavy atom. The highest BCUT2D eigenvalue weighted by atomic mass is 35.5. The largest absolute Gasteiger partial charge is 0.515 e. The van der Waals surface area contributed by atoms with E-state index >= 15 is 0 Å². The summed E-state index contributed by atoms with van der Waals surface area (Å²) in [5, 5.41) is 0.765. The van der Waals surface area contributed by atoms with E-state index in [0.717, 1.165) is 4.09 Å². The van der Waals surface area contributed by atoms with Gasteiger partial charge in [0.15, 0.2) is 6.29 Å². The van der Waals surface area contributed by atoms with E-state index in [0.29, 0.717) is 22.2 Å². The van der Waals surface area contributed by atoms with Gasteiger partial charge >= 0.3 is 6.16 Å². The van der Waals surface area contributed by atoms with E-state index in [2.05, 4.69) is 4.74 Å². The van der Waals surface area contributed by atoms with Gasteiger partial charge in [0.1, 0.15) is 0 Å². The van der Waals surface area contributed by atoms with Crippen LogP contribution in [0.5, 0.6) is 5.88 Å². The minimum Gasteiger partial charge on any atom is -0.434 e. The molecule has 0 saturated heterocycles. The van der Waals surface area contributed by atoms with Gasteiger partial charge in [-0.25, -0.2) is 8.88 Å². The Labute approximate surface area is 118 Å². The van der Waals surface area contributed by atoms with Crippen LogP contribution in [0.3, 0.4) is 0 Å². The Hall–Kier alpha value is -1.72. The Bertz CT molecular complexity index is 651. The maximum Gasteiger partial charge on any atom is 0.515 e. The van der Waals surface area contributed by atoms with Gasteiger partial charge in [0.05, 0.1) is 22.7 Å². The van der Waals surface area contributed by atoms with Crippen molar-refractivity contribution in [3.05, 3.63) is 28.8 Å². The standard InChI is InChI=1S/C12H9Cl2NO4/c1-2-18-12(17)19-11-7(6-16)10-8(13)4-3-5-9(10)15(11)14/h3-6H,2H2,1H3. The quantitative estimate of drug-likeness (QED) is 0.641. The SMILES string of the molecule is CCOC(=O)Oc1c(C=O)c2c(Cl)cccc2n1Cl. The van der Waals surface area contributed by atoms with Gasteiger partial charge in [-0.3, -0.25) is 4.79 Å². The summed E-state index contributed by atoms with van der Waals surface area (Å²) in [7, 11) is 0. The summed E-state index contributed by atoms with van der Waals surface area (Å²) >= 11 is 12.0. The van der Waals surface area contributed by atoms with Gasteiger partial charge in [0.25, 0.3) is 0 Å². The van der Waals surface area contributed by atoms with Crippen LogP contribution in [0.2, 0.25) is 5.02 Å². The number of carbonyl (C=O) groups is 2. The molecule has 0 radical (unpaired) electrons. The van der Waals surface area contributed by atoms with Gasteiger partial charge in [0, 0.05) is 17.2 Å². The molecule has 7 heteroatoms. The zero-order chi connectivity index (χ0) is 14.0. The van der Waals surface area contributed by atoms with Gasteiger partial charge in [-0.15, -0.1) is 0 Å². The first-order valence-corrected chi connectivity index (χ1v) is 6.10. The monoisotopic (exact) mass is 301 g/mol. The van der Waals surface area contributed by atoms with Crippen LogP contribution in [0, 0.1) is 0 Å². The number of carbonyl (C=O) groups excluding carboxylic acids is 2. The number of ether oxygens (including phenoxy) is 2. The van der Waals surface area contributed by atoms with Gasteiger partial charge in [-0.2, -0.15) is 0 Å². The molecule has 1 aromatic heterocycles. The molecular weight excluding hydrogens is 293 g/mol. The molecule has 0 unspecified atom stereocenters. The van der Waals surface area contributed by atoms with Crippen LogP contribution in [-0.2, 0) is 4.74 Å². The van der Waals surface area contributed by atoms with Crippen LogP contribution in [0.4, 0.5) is 4.79 Å². The molecule has 0 aliphatic rings. The summed E-state index contributed by atoms with van der Waals surface area (Å²) in [5.74, 6) is -0.113. The number of hydrogen-bond acceptors (Lipinski definition) is 4. The van der Waals surface area contributed by atoms with Crippen LogP contribution in [0.25, 0.3) is 10.9 Å². The Morgan fingerprint density at radius 3 is 2.84 bits per heavy atom. The summed E-state index contributed by atoms with van der Waals surface area (Å²) in [6.45, 7) is 1.79. The predicted octanol–water partition coefficient (Wildman–Crippen LogP) is 3.64. The fourth-order valence-corrected chi connectivity index (χ4v) is 2.23. The lowest BCUT2D eigenvalue weighted by Crippen LogP contribution is -2.12. The van der Waals surface area contributed by atoms with Crippen LogP contribution in [-0.4, -0.2) is 23.1 Å². The molecular formula is C12H9Cl2NO4. The first-order valence-electron chi connectivity index (χ1n) is 5.39. The zero-order valence-electron chi connectivity index (χ0n) is 9.85. The number of aldehydes is 1. The summed E-state index contributed by atoms with van der Waals surface area (Å²) in [6.07, 6.45) is -0.409. The molecule has 100 valence electrons. The second kappa shape index (κ2) is 5.50. The van der Waals surface area contributed by atoms with Crippen molar-refractivity contribution >= 4 is 46.7 Å². The molecule has 2 aromatic rings. The van der Waals surface area contributed by atoms with Crippen molar-refractivity contribution in [3.63, 3.8) is 0 Å². The molecule has 19 heavy (non-hydrogen) atoms. The van der Waals surface area contributed by atoms with E-state index in [1.807, 2.05) is 0 Å². The third-order valence-corrected chi connectivity index (χ3v) is 3.09. The molecule has 0 N–H and O–H groups in total. The van der Waals surface area contributed by atoms with E-state index in [4.69, 9.17) is 28.1 Å². The Balaban J connectivity index is 2.60. The first-order chi connectivity index (χ1) is 9.10. The van der Waals surface area contributed by atoms with Gasteiger partial charge in [-0.1, -0.05) is 17.7 Å². The van der Waals surface area contributed by atoms with Crippen molar-refractivity contribution in [2.75, 3.05) is 6.61 Å². The third-order valence-electron chi connectivity index (χ3n) is 2.44. The number of fused-ring (bicyclic) bond motifs is 1. The van der Waals surface area contributed by atoms with Crippen LogP contribution in [0.15, 0.2) is 18.2 Å². The fraction of sp³-hybridized carbons (Fsp3) is 0.167. The minimum atomic E-state index is -0.938. The highest BCUT2D eigenvalue weighted by molar-refractivity contribution is 6.37. The lowest BCUT2D eigenvalue weighted by Gasteiger charge is -2.04. The molecule has 1 heterocycles. The summed E-state index contributed by atoms with van der Waals surface area (Å²) in [6, 6.07) is 4.94. The molecule has 2 rings (SSSR count). The number of rotatable bonds is 3. The summed E-state index contributed by atoms with van der Waals surface area (Å²) < 4.78 is 10.6. The average Bonchev–Trinajstić information content (AvgIpc) is 2.65. The third kappa shape index (κ3) is 2.39. The maximum atomic E-state index is 11.3. The molecule has 1 aromatic carbocycles. The summed E-state index contributed by atoms with van der Waals surface area (Å²) in [5.41, 5.74) is 0.569. The Kier molecular flexibility index (Phi) is 3.97. The number of benzene rings is 1. The molecule has 5 nitrogen and oxygen atoms in total. The molecule has 0 spiro atoms. The highest BCUT2D eigenvalue weighted by Crippen LogP contribution is 2.36. The summed E-state index contributed by atoms with van der Waals surface area (Å²) in [4.78, 5) is 22.5. The van der Waals surface area contributed by atoms with Crippen molar-refractivity contribution in [3.8, 4) is 5.88 Å². The number of nitrogens with zero attached hydrogens (tertiary/aromatic N) is 1. The maximum absolute atomic E-state index is 11.3. The van der Waals surface area contributed by atoms with E-state index in [1.165, 1.54) is 0 Å². The van der Waals surface area contributed by atoms with Crippen LogP contribution >= 0.6 is 23.4 Å². The normalized spacial score (nSPS) is 10.5. The zero-order valence-corrected chi connectivity index (χ0v) is 11.4. The van der Waals surface area contributed by atoms with Gasteiger partial charge in [0.2, 0.25) is 5.88 Å². The molecule has 0 aliphatic heterocycles. The number of hydrogen-bond donors (Lipinski definition) is 0. The predicted molar refractivity (Wildman–Crippen MR) is 71.2 cm³/mol. The van der Waals surface area contributed by atoms with Crippen molar-refractivity contribution in [2.45, 2.75) is 6.92 Å². The van der Waals surface area contributed by atoms with Crippen molar-refractivity contribution in [2.24, 2.45) is 0 Å². The molecule has 0 atom stereocenters. The molecule has 0 saturated carbocycles. The first kappa shape index (κ1) is 13.7. The van der Waals surface area contributed by atoms with E-state index in [-0.39, 0.29) is 18.1 Å². The highest BCUT2D eigenvalue weighted by Gasteiger charge is 2.22. The molecule has 0 bridgehead atoms. The number of aromatic nitrogens is 1. The van der Waals surface area contributed by atoms with E-state index in [9.17, 15) is 9.59 Å². The second-order valence-corrected chi connectivity index (χ2v) is 4.28. The van der Waals surface area contributed by atoms with Gasteiger partial charge < -0.3 is 9.47 Å². The minimum absolute atomic E-state index is 0.101. The lowest BCUT2D eigenvalue weighted by atomic mass is 10.2. The van der Waals surface area contributed by atoms with Crippen LogP contribution < -0.4 is 4.74 Å². The van der Waals surface area contributed by atoms with Crippen LogP contribution in [0.1, 0.15) is 17.3 Å². The second-order valence-electron chi connectivity index (χ2n) is 3.54. The topological polar surface area (TPSA) is 57.5 Å². The van der Waals surface area contributed by atoms with E-state index in [1.54, 1.807) is 25.1 Å². The van der Waals surface area contributed by atoms with E-state index < -0.39 is 6.16 Å². The molecule has 0 aliphatic carbocycles. The number of halogens is 2. The van der Waals surface area contributed by atoms with Crippen molar-refractivity contribution in [1.82, 2.24) is 4.09 Å². The smallest absolute Gasteiger partial charge is 0.434 e. The van der Waals surface area contributed by atoms with Crippen molar-refractivity contribution in [1.29, 1.82) is 0 Å². The van der Waals surface area contributed by atoms with Crippen molar-refractivity contribution < 1.29 is 19.1 Å². The van der Waals surface area contributed by atoms with Gasteiger partial charge in [-0.05, 0) is 19.1 Å².